The van der Waals surface area contributed by atoms with Gasteiger partial charge in [0.25, 0.3) is 0 Å². The summed E-state index contributed by atoms with van der Waals surface area (Å²) in [5.74, 6) is 0.272. The highest BCUT2D eigenvalue weighted by Gasteiger charge is 2.05. The molecule has 0 saturated carbocycles. The van der Waals surface area contributed by atoms with Crippen molar-refractivity contribution in [2.24, 2.45) is 0 Å². The number of aromatic nitrogens is 2. The zero-order valence-corrected chi connectivity index (χ0v) is 13.7. The van der Waals surface area contributed by atoms with E-state index in [-0.39, 0.29) is 5.91 Å². The molecule has 1 aromatic heterocycles. The van der Waals surface area contributed by atoms with Crippen LogP contribution in [0.15, 0.2) is 71.2 Å². The number of benzene rings is 2. The fraction of sp³-hybridized carbons (Fsp3) is 0. The van der Waals surface area contributed by atoms with Gasteiger partial charge in [0.05, 0.1) is 5.69 Å². The lowest BCUT2D eigenvalue weighted by atomic mass is 10.1. The van der Waals surface area contributed by atoms with Crippen LogP contribution in [0.2, 0.25) is 0 Å². The molecule has 2 aromatic carbocycles. The van der Waals surface area contributed by atoms with Gasteiger partial charge in [-0.2, -0.15) is 5.10 Å². The van der Waals surface area contributed by atoms with E-state index in [0.29, 0.717) is 5.82 Å². The molecule has 4 nitrogen and oxygen atoms in total. The standard InChI is InChI=1S/C18H14BrN3O/c19-15-9-7-14(8-10-15)16-12-17(22-21-16)20-18(23)11-6-13-4-2-1-3-5-13/h1-12H,(H2,20,21,22,23). The molecule has 114 valence electrons. The molecule has 23 heavy (non-hydrogen) atoms. The van der Waals surface area contributed by atoms with Crippen LogP contribution in [0.25, 0.3) is 17.3 Å². The number of anilines is 1. The Kier molecular flexibility index (Phi) is 4.68. The van der Waals surface area contributed by atoms with Crippen molar-refractivity contribution >= 4 is 33.7 Å². The lowest BCUT2D eigenvalue weighted by molar-refractivity contribution is -0.111. The molecule has 0 unspecified atom stereocenters. The smallest absolute Gasteiger partial charge is 0.249 e. The Morgan fingerprint density at radius 3 is 2.57 bits per heavy atom. The van der Waals surface area contributed by atoms with Crippen molar-refractivity contribution in [2.45, 2.75) is 0 Å². The largest absolute Gasteiger partial charge is 0.306 e. The third kappa shape index (κ3) is 4.17. The molecule has 0 aliphatic rings. The molecular formula is C18H14BrN3O. The first kappa shape index (κ1) is 15.2. The van der Waals surface area contributed by atoms with E-state index in [1.807, 2.05) is 54.6 Å². The molecule has 3 aromatic rings. The predicted molar refractivity (Wildman–Crippen MR) is 95.8 cm³/mol. The van der Waals surface area contributed by atoms with Gasteiger partial charge in [-0.1, -0.05) is 58.4 Å². The van der Waals surface area contributed by atoms with Crippen LogP contribution in [0.5, 0.6) is 0 Å². The quantitative estimate of drug-likeness (QED) is 0.667. The van der Waals surface area contributed by atoms with Crippen LogP contribution in [0.4, 0.5) is 5.82 Å². The number of H-pyrrole nitrogens is 1. The van der Waals surface area contributed by atoms with Crippen LogP contribution in [-0.4, -0.2) is 16.1 Å². The minimum atomic E-state index is -0.220. The molecule has 0 fully saturated rings. The van der Waals surface area contributed by atoms with E-state index in [4.69, 9.17) is 0 Å². The summed E-state index contributed by atoms with van der Waals surface area (Å²) in [6, 6.07) is 19.3. The van der Waals surface area contributed by atoms with Crippen molar-refractivity contribution in [3.05, 3.63) is 76.8 Å². The predicted octanol–water partition coefficient (Wildman–Crippen LogP) is 4.49. The van der Waals surface area contributed by atoms with Gasteiger partial charge in [0, 0.05) is 16.6 Å². The van der Waals surface area contributed by atoms with Crippen molar-refractivity contribution in [2.75, 3.05) is 5.32 Å². The van der Waals surface area contributed by atoms with Gasteiger partial charge < -0.3 is 5.32 Å². The fourth-order valence-electron chi connectivity index (χ4n) is 2.07. The van der Waals surface area contributed by atoms with E-state index < -0.39 is 0 Å². The highest BCUT2D eigenvalue weighted by Crippen LogP contribution is 2.21. The van der Waals surface area contributed by atoms with Crippen molar-refractivity contribution in [1.82, 2.24) is 10.2 Å². The number of rotatable bonds is 4. The molecule has 1 amide bonds. The Balaban J connectivity index is 1.66. The van der Waals surface area contributed by atoms with Crippen LogP contribution >= 0.6 is 15.9 Å². The number of halogens is 1. The molecular weight excluding hydrogens is 354 g/mol. The molecule has 0 saturated heterocycles. The molecule has 2 N–H and O–H groups in total. The molecule has 1 heterocycles. The number of carbonyl (C=O) groups is 1. The minimum absolute atomic E-state index is 0.220. The van der Waals surface area contributed by atoms with Gasteiger partial charge in [-0.15, -0.1) is 0 Å². The van der Waals surface area contributed by atoms with Gasteiger partial charge in [-0.05, 0) is 29.3 Å². The Labute approximate surface area is 142 Å². The van der Waals surface area contributed by atoms with Gasteiger partial charge in [0.1, 0.15) is 0 Å². The Bertz CT molecular complexity index is 823. The second kappa shape index (κ2) is 7.07. The summed E-state index contributed by atoms with van der Waals surface area (Å²) >= 11 is 3.40. The molecule has 0 spiro atoms. The summed E-state index contributed by atoms with van der Waals surface area (Å²) in [5.41, 5.74) is 2.82. The van der Waals surface area contributed by atoms with E-state index >= 15 is 0 Å². The fourth-order valence-corrected chi connectivity index (χ4v) is 2.33. The van der Waals surface area contributed by atoms with Crippen molar-refractivity contribution in [1.29, 1.82) is 0 Å². The first-order valence-electron chi connectivity index (χ1n) is 7.06. The second-order valence-electron chi connectivity index (χ2n) is 4.91. The van der Waals surface area contributed by atoms with Crippen molar-refractivity contribution in [3.63, 3.8) is 0 Å². The third-order valence-electron chi connectivity index (χ3n) is 3.21. The number of carbonyl (C=O) groups excluding carboxylic acids is 1. The van der Waals surface area contributed by atoms with Gasteiger partial charge in [0.15, 0.2) is 5.82 Å². The van der Waals surface area contributed by atoms with Gasteiger partial charge in [-0.25, -0.2) is 0 Å². The van der Waals surface area contributed by atoms with Crippen LogP contribution in [0.3, 0.4) is 0 Å². The van der Waals surface area contributed by atoms with E-state index in [1.54, 1.807) is 12.1 Å². The summed E-state index contributed by atoms with van der Waals surface area (Å²) < 4.78 is 1.01. The summed E-state index contributed by atoms with van der Waals surface area (Å²) in [5, 5.41) is 9.76. The highest BCUT2D eigenvalue weighted by molar-refractivity contribution is 9.10. The van der Waals surface area contributed by atoms with Gasteiger partial charge >= 0.3 is 0 Å². The monoisotopic (exact) mass is 367 g/mol. The summed E-state index contributed by atoms with van der Waals surface area (Å²) in [6.07, 6.45) is 3.25. The van der Waals surface area contributed by atoms with Crippen LogP contribution < -0.4 is 5.32 Å². The van der Waals surface area contributed by atoms with E-state index in [0.717, 1.165) is 21.3 Å². The molecule has 5 heteroatoms. The molecule has 0 atom stereocenters. The zero-order valence-electron chi connectivity index (χ0n) is 12.2. The Morgan fingerprint density at radius 2 is 1.83 bits per heavy atom. The van der Waals surface area contributed by atoms with E-state index in [9.17, 15) is 4.79 Å². The number of aromatic amines is 1. The lowest BCUT2D eigenvalue weighted by Crippen LogP contribution is -2.07. The average molecular weight is 368 g/mol. The SMILES string of the molecule is O=C(C=Cc1ccccc1)Nc1cc(-c2ccc(Br)cc2)[nH]n1. The van der Waals surface area contributed by atoms with E-state index in [1.165, 1.54) is 6.08 Å². The molecule has 0 aliphatic heterocycles. The zero-order chi connectivity index (χ0) is 16.1. The van der Waals surface area contributed by atoms with Crippen LogP contribution in [-0.2, 0) is 4.79 Å². The van der Waals surface area contributed by atoms with Crippen LogP contribution in [0, 0.1) is 0 Å². The average Bonchev–Trinajstić information content (AvgIpc) is 3.03. The first-order chi connectivity index (χ1) is 11.2. The Morgan fingerprint density at radius 1 is 1.09 bits per heavy atom. The number of amides is 1. The maximum atomic E-state index is 11.9. The lowest BCUT2D eigenvalue weighted by Gasteiger charge is -1.97. The minimum Gasteiger partial charge on any atom is -0.306 e. The van der Waals surface area contributed by atoms with Crippen LogP contribution in [0.1, 0.15) is 5.56 Å². The van der Waals surface area contributed by atoms with Crippen molar-refractivity contribution < 1.29 is 4.79 Å². The third-order valence-corrected chi connectivity index (χ3v) is 3.74. The summed E-state index contributed by atoms with van der Waals surface area (Å²) in [7, 11) is 0. The number of hydrogen-bond acceptors (Lipinski definition) is 2. The summed E-state index contributed by atoms with van der Waals surface area (Å²) in [4.78, 5) is 11.9. The van der Waals surface area contributed by atoms with Crippen molar-refractivity contribution in [3.8, 4) is 11.3 Å². The first-order valence-corrected chi connectivity index (χ1v) is 7.85. The maximum Gasteiger partial charge on any atom is 0.249 e. The normalized spacial score (nSPS) is 10.8. The molecule has 0 bridgehead atoms. The van der Waals surface area contributed by atoms with Gasteiger partial charge in [0.2, 0.25) is 5.91 Å². The molecule has 0 radical (unpaired) electrons. The van der Waals surface area contributed by atoms with Gasteiger partial charge in [-0.3, -0.25) is 9.89 Å². The summed E-state index contributed by atoms with van der Waals surface area (Å²) in [6.45, 7) is 0. The molecule has 3 rings (SSSR count). The highest BCUT2D eigenvalue weighted by atomic mass is 79.9. The second-order valence-corrected chi connectivity index (χ2v) is 5.82. The number of hydrogen-bond donors (Lipinski definition) is 2. The number of nitrogens with one attached hydrogen (secondary N) is 2. The molecule has 0 aliphatic carbocycles. The maximum absolute atomic E-state index is 11.9. The topological polar surface area (TPSA) is 57.8 Å². The Hall–Kier alpha value is -2.66. The van der Waals surface area contributed by atoms with E-state index in [2.05, 4.69) is 31.4 Å². The number of nitrogens with zero attached hydrogens (tertiary/aromatic N) is 1.